The van der Waals surface area contributed by atoms with Crippen LogP contribution in [0.5, 0.6) is 0 Å². The van der Waals surface area contributed by atoms with Crippen LogP contribution in [0.3, 0.4) is 0 Å². The highest BCUT2D eigenvalue weighted by molar-refractivity contribution is 5.28. The fraction of sp³-hybridized carbons (Fsp3) is 0.652. The Balaban J connectivity index is 1.72. The van der Waals surface area contributed by atoms with E-state index in [1.54, 1.807) is 0 Å². The first-order valence-electron chi connectivity index (χ1n) is 10.5. The first kappa shape index (κ1) is 22.9. The molecular formula is C23H31F5. The van der Waals surface area contributed by atoms with E-state index in [9.17, 15) is 22.0 Å². The first-order chi connectivity index (χ1) is 13.3. The van der Waals surface area contributed by atoms with E-state index in [1.807, 2.05) is 0 Å². The van der Waals surface area contributed by atoms with Crippen molar-refractivity contribution in [3.8, 4) is 0 Å². The highest BCUT2D eigenvalue weighted by atomic mass is 19.4. The minimum absolute atomic E-state index is 0.310. The lowest BCUT2D eigenvalue weighted by atomic mass is 9.77. The van der Waals surface area contributed by atoms with Crippen molar-refractivity contribution in [2.75, 3.05) is 0 Å². The number of aryl methyl sites for hydroxylation is 1. The summed E-state index contributed by atoms with van der Waals surface area (Å²) in [6.45, 7) is 2.14. The van der Waals surface area contributed by atoms with Gasteiger partial charge in [-0.2, -0.15) is 13.2 Å². The second-order valence-corrected chi connectivity index (χ2v) is 8.02. The van der Waals surface area contributed by atoms with E-state index < -0.39 is 23.4 Å². The largest absolute Gasteiger partial charge is 0.422 e. The van der Waals surface area contributed by atoms with Crippen LogP contribution in [0.1, 0.15) is 82.3 Å². The van der Waals surface area contributed by atoms with Gasteiger partial charge in [0.25, 0.3) is 0 Å². The number of rotatable bonds is 9. The van der Waals surface area contributed by atoms with Gasteiger partial charge in [0.2, 0.25) is 0 Å². The van der Waals surface area contributed by atoms with Crippen LogP contribution in [0, 0.1) is 23.5 Å². The molecular weight excluding hydrogens is 371 g/mol. The molecule has 2 rings (SSSR count). The molecule has 0 aromatic heterocycles. The van der Waals surface area contributed by atoms with Gasteiger partial charge in [-0.1, -0.05) is 57.6 Å². The molecule has 28 heavy (non-hydrogen) atoms. The number of unbranched alkanes of at least 4 members (excludes halogenated alkanes) is 2. The van der Waals surface area contributed by atoms with E-state index in [0.29, 0.717) is 17.9 Å². The van der Waals surface area contributed by atoms with Gasteiger partial charge in [-0.05, 0) is 61.6 Å². The Labute approximate surface area is 165 Å². The quantitative estimate of drug-likeness (QED) is 0.222. The summed E-state index contributed by atoms with van der Waals surface area (Å²) >= 11 is 0. The molecule has 0 atom stereocenters. The predicted molar refractivity (Wildman–Crippen MR) is 103 cm³/mol. The van der Waals surface area contributed by atoms with Crippen molar-refractivity contribution in [2.24, 2.45) is 11.8 Å². The summed E-state index contributed by atoms with van der Waals surface area (Å²) in [5, 5.41) is 0. The molecule has 0 unspecified atom stereocenters. The van der Waals surface area contributed by atoms with Crippen molar-refractivity contribution in [1.82, 2.24) is 0 Å². The van der Waals surface area contributed by atoms with Crippen LogP contribution in [-0.4, -0.2) is 0 Å². The topological polar surface area (TPSA) is 0 Å². The van der Waals surface area contributed by atoms with Crippen molar-refractivity contribution < 1.29 is 22.0 Å². The van der Waals surface area contributed by atoms with Crippen molar-refractivity contribution in [2.45, 2.75) is 83.7 Å². The maximum absolute atomic E-state index is 13.7. The van der Waals surface area contributed by atoms with Crippen LogP contribution in [0.2, 0.25) is 0 Å². The lowest BCUT2D eigenvalue weighted by Gasteiger charge is -2.28. The summed E-state index contributed by atoms with van der Waals surface area (Å²) in [6.07, 6.45) is 11.2. The average Bonchev–Trinajstić information content (AvgIpc) is 2.62. The third kappa shape index (κ3) is 7.21. The third-order valence-corrected chi connectivity index (χ3v) is 5.83. The highest BCUT2D eigenvalue weighted by Crippen LogP contribution is 2.36. The van der Waals surface area contributed by atoms with Crippen LogP contribution in [0.25, 0.3) is 0 Å². The summed E-state index contributed by atoms with van der Waals surface area (Å²) in [5.41, 5.74) is -1.48. The van der Waals surface area contributed by atoms with Crippen LogP contribution in [0.15, 0.2) is 24.3 Å². The standard InChI is InChI=1S/C23H31F5/c1-2-3-4-5-6-7-8-17-9-11-18(12-10-17)13-14-19-15-20(24)22(21(25)16-19)23(26,27)28/h3-4,15-18H,2,5-14H2,1H3. The van der Waals surface area contributed by atoms with Gasteiger partial charge >= 0.3 is 6.18 Å². The second kappa shape index (κ2) is 11.0. The fourth-order valence-electron chi connectivity index (χ4n) is 4.20. The van der Waals surface area contributed by atoms with Crippen molar-refractivity contribution in [1.29, 1.82) is 0 Å². The summed E-state index contributed by atoms with van der Waals surface area (Å²) in [5.74, 6) is -1.76. The van der Waals surface area contributed by atoms with E-state index in [4.69, 9.17) is 0 Å². The average molecular weight is 402 g/mol. The first-order valence-corrected chi connectivity index (χ1v) is 10.5. The Morgan fingerprint density at radius 3 is 2.00 bits per heavy atom. The van der Waals surface area contributed by atoms with Crippen molar-refractivity contribution in [3.63, 3.8) is 0 Å². The van der Waals surface area contributed by atoms with Gasteiger partial charge in [-0.25, -0.2) is 8.78 Å². The summed E-state index contributed by atoms with van der Waals surface area (Å²) in [4.78, 5) is 0. The number of hydrogen-bond acceptors (Lipinski definition) is 0. The zero-order valence-corrected chi connectivity index (χ0v) is 16.6. The third-order valence-electron chi connectivity index (χ3n) is 5.83. The molecule has 5 heteroatoms. The lowest BCUT2D eigenvalue weighted by Crippen LogP contribution is -2.16. The molecule has 0 amide bonds. The lowest BCUT2D eigenvalue weighted by molar-refractivity contribution is -0.142. The second-order valence-electron chi connectivity index (χ2n) is 8.02. The van der Waals surface area contributed by atoms with Crippen LogP contribution in [0.4, 0.5) is 22.0 Å². The van der Waals surface area contributed by atoms with Gasteiger partial charge in [0, 0.05) is 0 Å². The zero-order valence-electron chi connectivity index (χ0n) is 16.6. The minimum atomic E-state index is -5.00. The van der Waals surface area contributed by atoms with E-state index in [1.165, 1.54) is 32.1 Å². The SMILES string of the molecule is CCC=CCCCCC1CCC(CCc2cc(F)c(C(F)(F)F)c(F)c2)CC1. The number of alkyl halides is 3. The molecule has 1 aromatic carbocycles. The van der Waals surface area contributed by atoms with Gasteiger partial charge in [0.05, 0.1) is 0 Å². The van der Waals surface area contributed by atoms with Gasteiger partial charge in [-0.15, -0.1) is 0 Å². The van der Waals surface area contributed by atoms with Gasteiger partial charge < -0.3 is 0 Å². The summed E-state index contributed by atoms with van der Waals surface area (Å²) < 4.78 is 65.3. The number of benzene rings is 1. The molecule has 1 aliphatic rings. The van der Waals surface area contributed by atoms with E-state index in [-0.39, 0.29) is 0 Å². The molecule has 0 spiro atoms. The Morgan fingerprint density at radius 1 is 0.893 bits per heavy atom. The van der Waals surface area contributed by atoms with E-state index >= 15 is 0 Å². The molecule has 0 heterocycles. The Morgan fingerprint density at radius 2 is 1.46 bits per heavy atom. The Kier molecular flexibility index (Phi) is 8.97. The van der Waals surface area contributed by atoms with Crippen molar-refractivity contribution >= 4 is 0 Å². The number of allylic oxidation sites excluding steroid dienone is 2. The van der Waals surface area contributed by atoms with Crippen LogP contribution in [-0.2, 0) is 12.6 Å². The molecule has 1 aliphatic carbocycles. The molecule has 1 aromatic rings. The van der Waals surface area contributed by atoms with Gasteiger partial charge in [-0.3, -0.25) is 0 Å². The molecule has 0 N–H and O–H groups in total. The predicted octanol–water partition coefficient (Wildman–Crippen LogP) is 8.25. The zero-order chi connectivity index (χ0) is 20.6. The smallest absolute Gasteiger partial charge is 0.206 e. The molecule has 1 fully saturated rings. The minimum Gasteiger partial charge on any atom is -0.206 e. The monoisotopic (exact) mass is 402 g/mol. The molecule has 0 bridgehead atoms. The summed E-state index contributed by atoms with van der Waals surface area (Å²) in [7, 11) is 0. The van der Waals surface area contributed by atoms with E-state index in [2.05, 4.69) is 19.1 Å². The fourth-order valence-corrected chi connectivity index (χ4v) is 4.20. The normalized spacial score (nSPS) is 20.8. The maximum atomic E-state index is 13.7. The van der Waals surface area contributed by atoms with Crippen LogP contribution < -0.4 is 0 Å². The molecule has 158 valence electrons. The Hall–Kier alpha value is -1.39. The van der Waals surface area contributed by atoms with Crippen molar-refractivity contribution in [3.05, 3.63) is 47.0 Å². The summed E-state index contributed by atoms with van der Waals surface area (Å²) in [6, 6.07) is 1.68. The molecule has 0 radical (unpaired) electrons. The molecule has 0 saturated heterocycles. The van der Waals surface area contributed by atoms with Crippen LogP contribution >= 0.6 is 0 Å². The molecule has 0 aliphatic heterocycles. The number of halogens is 5. The maximum Gasteiger partial charge on any atom is 0.422 e. The highest BCUT2D eigenvalue weighted by Gasteiger charge is 2.37. The van der Waals surface area contributed by atoms with E-state index in [0.717, 1.165) is 50.2 Å². The van der Waals surface area contributed by atoms with Gasteiger partial charge in [0.1, 0.15) is 17.2 Å². The number of hydrogen-bond donors (Lipinski definition) is 0. The Bertz CT molecular complexity index is 601. The molecule has 0 nitrogen and oxygen atoms in total. The molecule has 1 saturated carbocycles. The van der Waals surface area contributed by atoms with Gasteiger partial charge in [0.15, 0.2) is 0 Å².